The van der Waals surface area contributed by atoms with Crippen molar-refractivity contribution < 1.29 is 23.7 Å². The molecule has 2 heterocycles. The Morgan fingerprint density at radius 1 is 1.30 bits per heavy atom. The van der Waals surface area contributed by atoms with Crippen LogP contribution in [0, 0.1) is 3.57 Å². The lowest BCUT2D eigenvalue weighted by Gasteiger charge is -2.25. The molecule has 0 amide bonds. The standard InChI is InChI=1S/C17H21IO5/c1-4-12(19)13-14(15-16(21-13)23-17(2,3)22-15)20-9-10-7-5-6-8-11(10)18/h5-8,13-16H,4,9H2,1-3H3/t13-,14+,15-,16-/m1/s1. The summed E-state index contributed by atoms with van der Waals surface area (Å²) < 4.78 is 24.6. The van der Waals surface area contributed by atoms with E-state index in [1.54, 1.807) is 0 Å². The Hall–Kier alpha value is -0.540. The van der Waals surface area contributed by atoms with Gasteiger partial charge in [-0.2, -0.15) is 0 Å². The third kappa shape index (κ3) is 3.61. The van der Waals surface area contributed by atoms with Gasteiger partial charge in [-0.3, -0.25) is 4.79 Å². The summed E-state index contributed by atoms with van der Waals surface area (Å²) in [5, 5.41) is 0. The van der Waals surface area contributed by atoms with E-state index in [0.717, 1.165) is 9.13 Å². The minimum Gasteiger partial charge on any atom is -0.367 e. The van der Waals surface area contributed by atoms with E-state index >= 15 is 0 Å². The first kappa shape index (κ1) is 17.3. The number of halogens is 1. The maximum Gasteiger partial charge on any atom is 0.190 e. The number of rotatable bonds is 5. The molecule has 2 saturated heterocycles. The molecular weight excluding hydrogens is 411 g/mol. The fraction of sp³-hybridized carbons (Fsp3) is 0.588. The van der Waals surface area contributed by atoms with Crippen LogP contribution < -0.4 is 0 Å². The molecule has 4 atom stereocenters. The highest BCUT2D eigenvalue weighted by Crippen LogP contribution is 2.39. The van der Waals surface area contributed by atoms with Crippen molar-refractivity contribution >= 4 is 28.4 Å². The average molecular weight is 432 g/mol. The number of hydrogen-bond acceptors (Lipinski definition) is 5. The molecule has 2 aliphatic heterocycles. The molecule has 5 nitrogen and oxygen atoms in total. The van der Waals surface area contributed by atoms with Crippen LogP contribution in [0.15, 0.2) is 24.3 Å². The van der Waals surface area contributed by atoms with Gasteiger partial charge in [0.2, 0.25) is 0 Å². The zero-order valence-electron chi connectivity index (χ0n) is 13.5. The number of ketones is 1. The molecule has 3 rings (SSSR count). The number of carbonyl (C=O) groups is 1. The Balaban J connectivity index is 1.75. The molecule has 1 aromatic carbocycles. The Labute approximate surface area is 149 Å². The first-order valence-electron chi connectivity index (χ1n) is 7.80. The topological polar surface area (TPSA) is 54.0 Å². The van der Waals surface area contributed by atoms with Gasteiger partial charge in [-0.15, -0.1) is 0 Å². The fourth-order valence-electron chi connectivity index (χ4n) is 2.92. The molecule has 0 aliphatic carbocycles. The molecule has 126 valence electrons. The lowest BCUT2D eigenvalue weighted by atomic mass is 10.1. The van der Waals surface area contributed by atoms with E-state index in [-0.39, 0.29) is 11.9 Å². The second-order valence-corrected chi connectivity index (χ2v) is 7.37. The maximum atomic E-state index is 12.2. The first-order valence-corrected chi connectivity index (χ1v) is 8.88. The number of ether oxygens (including phenoxy) is 4. The summed E-state index contributed by atoms with van der Waals surface area (Å²) in [7, 11) is 0. The summed E-state index contributed by atoms with van der Waals surface area (Å²) in [6.07, 6.45) is -1.62. The molecule has 23 heavy (non-hydrogen) atoms. The third-order valence-electron chi connectivity index (χ3n) is 4.05. The second-order valence-electron chi connectivity index (χ2n) is 6.21. The highest BCUT2D eigenvalue weighted by molar-refractivity contribution is 14.1. The average Bonchev–Trinajstić information content (AvgIpc) is 2.98. The smallest absolute Gasteiger partial charge is 0.190 e. The summed E-state index contributed by atoms with van der Waals surface area (Å²) >= 11 is 2.28. The van der Waals surface area contributed by atoms with Gasteiger partial charge in [-0.05, 0) is 48.1 Å². The lowest BCUT2D eigenvalue weighted by molar-refractivity contribution is -0.218. The quantitative estimate of drug-likeness (QED) is 0.670. The van der Waals surface area contributed by atoms with Gasteiger partial charge in [-0.1, -0.05) is 25.1 Å². The van der Waals surface area contributed by atoms with E-state index in [2.05, 4.69) is 22.6 Å². The van der Waals surface area contributed by atoms with Crippen molar-refractivity contribution in [1.29, 1.82) is 0 Å². The minimum atomic E-state index is -0.724. The second kappa shape index (κ2) is 6.76. The fourth-order valence-corrected chi connectivity index (χ4v) is 3.47. The molecule has 0 spiro atoms. The van der Waals surface area contributed by atoms with Crippen molar-refractivity contribution in [2.75, 3.05) is 0 Å². The Bertz CT molecular complexity index is 588. The van der Waals surface area contributed by atoms with Crippen LogP contribution in [0.1, 0.15) is 32.8 Å². The van der Waals surface area contributed by atoms with Crippen molar-refractivity contribution in [3.05, 3.63) is 33.4 Å². The molecule has 0 radical (unpaired) electrons. The van der Waals surface area contributed by atoms with Gasteiger partial charge in [0, 0.05) is 9.99 Å². The number of hydrogen-bond donors (Lipinski definition) is 0. The third-order valence-corrected chi connectivity index (χ3v) is 5.10. The predicted molar refractivity (Wildman–Crippen MR) is 91.7 cm³/mol. The molecule has 0 N–H and O–H groups in total. The molecule has 0 saturated carbocycles. The number of Topliss-reactive ketones (excluding diaryl/α,β-unsaturated/α-hetero) is 1. The molecule has 1 aromatic rings. The van der Waals surface area contributed by atoms with E-state index in [9.17, 15) is 4.79 Å². The van der Waals surface area contributed by atoms with Crippen LogP contribution in [-0.2, 0) is 30.3 Å². The van der Waals surface area contributed by atoms with Crippen molar-refractivity contribution in [3.63, 3.8) is 0 Å². The van der Waals surface area contributed by atoms with E-state index < -0.39 is 24.3 Å². The number of fused-ring (bicyclic) bond motifs is 1. The molecule has 0 aromatic heterocycles. The largest absolute Gasteiger partial charge is 0.367 e. The van der Waals surface area contributed by atoms with E-state index in [1.165, 1.54) is 0 Å². The van der Waals surface area contributed by atoms with Gasteiger partial charge in [0.05, 0.1) is 6.61 Å². The van der Waals surface area contributed by atoms with Crippen molar-refractivity contribution in [3.8, 4) is 0 Å². The summed E-state index contributed by atoms with van der Waals surface area (Å²) in [6, 6.07) is 8.00. The van der Waals surface area contributed by atoms with Crippen molar-refractivity contribution in [2.24, 2.45) is 0 Å². The number of benzene rings is 1. The van der Waals surface area contributed by atoms with Crippen LogP contribution >= 0.6 is 22.6 Å². The van der Waals surface area contributed by atoms with Gasteiger partial charge in [0.25, 0.3) is 0 Å². The molecular formula is C17H21IO5. The summed E-state index contributed by atoms with van der Waals surface area (Å²) in [6.45, 7) is 5.90. The van der Waals surface area contributed by atoms with Crippen LogP contribution in [0.3, 0.4) is 0 Å². The van der Waals surface area contributed by atoms with Crippen LogP contribution in [0.25, 0.3) is 0 Å². The molecule has 6 heteroatoms. The summed E-state index contributed by atoms with van der Waals surface area (Å²) in [4.78, 5) is 12.2. The predicted octanol–water partition coefficient (Wildman–Crippen LogP) is 3.03. The maximum absolute atomic E-state index is 12.2. The molecule has 0 unspecified atom stereocenters. The minimum absolute atomic E-state index is 0.0113. The highest BCUT2D eigenvalue weighted by Gasteiger charge is 2.56. The van der Waals surface area contributed by atoms with Crippen LogP contribution in [0.4, 0.5) is 0 Å². The SMILES string of the molecule is CCC(=O)[C@H]1O[C@@H]2OC(C)(C)O[C@@H]2[C@H]1OCc1ccccc1I. The van der Waals surface area contributed by atoms with Crippen LogP contribution in [0.5, 0.6) is 0 Å². The highest BCUT2D eigenvalue weighted by atomic mass is 127. The van der Waals surface area contributed by atoms with Gasteiger partial charge in [0.1, 0.15) is 18.3 Å². The van der Waals surface area contributed by atoms with Gasteiger partial charge < -0.3 is 18.9 Å². The van der Waals surface area contributed by atoms with E-state index in [1.807, 2.05) is 45.0 Å². The zero-order chi connectivity index (χ0) is 16.6. The normalized spacial score (nSPS) is 32.0. The molecule has 2 fully saturated rings. The van der Waals surface area contributed by atoms with E-state index in [4.69, 9.17) is 18.9 Å². The number of carbonyl (C=O) groups excluding carboxylic acids is 1. The lowest BCUT2D eigenvalue weighted by Crippen LogP contribution is -2.40. The van der Waals surface area contributed by atoms with Gasteiger partial charge in [-0.25, -0.2) is 0 Å². The molecule has 2 aliphatic rings. The van der Waals surface area contributed by atoms with Crippen LogP contribution in [0.2, 0.25) is 0 Å². The zero-order valence-corrected chi connectivity index (χ0v) is 15.6. The van der Waals surface area contributed by atoms with E-state index in [0.29, 0.717) is 13.0 Å². The summed E-state index contributed by atoms with van der Waals surface area (Å²) in [5.74, 6) is -0.713. The Morgan fingerprint density at radius 3 is 2.74 bits per heavy atom. The first-order chi connectivity index (χ1) is 10.9. The monoisotopic (exact) mass is 432 g/mol. The van der Waals surface area contributed by atoms with Crippen molar-refractivity contribution in [1.82, 2.24) is 0 Å². The summed E-state index contributed by atoms with van der Waals surface area (Å²) in [5.41, 5.74) is 1.08. The van der Waals surface area contributed by atoms with Crippen LogP contribution in [-0.4, -0.2) is 36.2 Å². The van der Waals surface area contributed by atoms with Crippen molar-refractivity contribution in [2.45, 2.75) is 64.2 Å². The molecule has 0 bridgehead atoms. The Kier molecular flexibility index (Phi) is 5.08. The Morgan fingerprint density at radius 2 is 2.04 bits per heavy atom. The van der Waals surface area contributed by atoms with Gasteiger partial charge >= 0.3 is 0 Å². The van der Waals surface area contributed by atoms with Gasteiger partial charge in [0.15, 0.2) is 17.9 Å².